The van der Waals surface area contributed by atoms with E-state index in [0.29, 0.717) is 28.0 Å². The van der Waals surface area contributed by atoms with Crippen LogP contribution in [-0.2, 0) is 11.2 Å². The van der Waals surface area contributed by atoms with Crippen LogP contribution in [0, 0.1) is 0 Å². The standard InChI is InChI=1S/C13H13Cl2N3O2/c1-3-10-17-11(13(19)20-2)12(16)18(10)7-4-5-8(14)9(15)6-7/h4-6H,3,16H2,1-2H3. The minimum atomic E-state index is -0.573. The lowest BCUT2D eigenvalue weighted by molar-refractivity contribution is 0.0596. The van der Waals surface area contributed by atoms with Crippen LogP contribution in [0.3, 0.4) is 0 Å². The Hall–Kier alpha value is -1.72. The van der Waals surface area contributed by atoms with Gasteiger partial charge in [-0.3, -0.25) is 4.57 Å². The molecule has 2 rings (SSSR count). The SMILES string of the molecule is CCc1nc(C(=O)OC)c(N)n1-c1ccc(Cl)c(Cl)c1. The summed E-state index contributed by atoms with van der Waals surface area (Å²) in [5.41, 5.74) is 6.78. The van der Waals surface area contributed by atoms with E-state index in [1.165, 1.54) is 7.11 Å². The maximum Gasteiger partial charge on any atom is 0.360 e. The van der Waals surface area contributed by atoms with Crippen molar-refractivity contribution in [2.24, 2.45) is 0 Å². The van der Waals surface area contributed by atoms with Gasteiger partial charge >= 0.3 is 5.97 Å². The van der Waals surface area contributed by atoms with Gasteiger partial charge in [-0.15, -0.1) is 0 Å². The molecule has 1 aromatic heterocycles. The van der Waals surface area contributed by atoms with Crippen molar-refractivity contribution >= 4 is 35.0 Å². The van der Waals surface area contributed by atoms with Crippen molar-refractivity contribution in [3.05, 3.63) is 39.8 Å². The highest BCUT2D eigenvalue weighted by atomic mass is 35.5. The summed E-state index contributed by atoms with van der Waals surface area (Å²) in [5, 5.41) is 0.847. The predicted molar refractivity (Wildman–Crippen MR) is 78.7 cm³/mol. The van der Waals surface area contributed by atoms with Crippen LogP contribution < -0.4 is 5.73 Å². The number of carbonyl (C=O) groups excluding carboxylic acids is 1. The second kappa shape index (κ2) is 5.73. The Morgan fingerprint density at radius 2 is 2.10 bits per heavy atom. The first-order valence-corrected chi connectivity index (χ1v) is 6.66. The molecular weight excluding hydrogens is 301 g/mol. The largest absolute Gasteiger partial charge is 0.464 e. The van der Waals surface area contributed by atoms with E-state index in [4.69, 9.17) is 28.9 Å². The van der Waals surface area contributed by atoms with Gasteiger partial charge in [-0.2, -0.15) is 0 Å². The zero-order valence-corrected chi connectivity index (χ0v) is 12.5. The minimum Gasteiger partial charge on any atom is -0.464 e. The topological polar surface area (TPSA) is 70.1 Å². The molecule has 0 saturated heterocycles. The summed E-state index contributed by atoms with van der Waals surface area (Å²) in [7, 11) is 1.28. The summed E-state index contributed by atoms with van der Waals surface area (Å²) in [4.78, 5) is 15.9. The number of esters is 1. The number of nitrogen functional groups attached to an aromatic ring is 1. The van der Waals surface area contributed by atoms with E-state index in [0.717, 1.165) is 0 Å². The number of carbonyl (C=O) groups is 1. The fraction of sp³-hybridized carbons (Fsp3) is 0.231. The highest BCUT2D eigenvalue weighted by Crippen LogP contribution is 2.28. The molecule has 20 heavy (non-hydrogen) atoms. The highest BCUT2D eigenvalue weighted by Gasteiger charge is 2.21. The normalized spacial score (nSPS) is 10.6. The molecule has 0 aliphatic heterocycles. The molecular formula is C13H13Cl2N3O2. The van der Waals surface area contributed by atoms with Crippen LogP contribution >= 0.6 is 23.2 Å². The third kappa shape index (κ3) is 2.46. The molecule has 0 saturated carbocycles. The van der Waals surface area contributed by atoms with Crippen LogP contribution in [0.4, 0.5) is 5.82 Å². The second-order valence-corrected chi connectivity index (χ2v) is 4.86. The molecule has 0 aliphatic rings. The molecule has 106 valence electrons. The van der Waals surface area contributed by atoms with Gasteiger partial charge < -0.3 is 10.5 Å². The van der Waals surface area contributed by atoms with Crippen molar-refractivity contribution in [3.8, 4) is 5.69 Å². The van der Waals surface area contributed by atoms with Crippen molar-refractivity contribution < 1.29 is 9.53 Å². The number of hydrogen-bond donors (Lipinski definition) is 1. The summed E-state index contributed by atoms with van der Waals surface area (Å²) in [5.74, 6) is 0.282. The molecule has 0 atom stereocenters. The third-order valence-corrected chi connectivity index (χ3v) is 3.58. The van der Waals surface area contributed by atoms with Crippen LogP contribution in [0.2, 0.25) is 10.0 Å². The molecule has 1 heterocycles. The van der Waals surface area contributed by atoms with Gasteiger partial charge in [-0.25, -0.2) is 9.78 Å². The second-order valence-electron chi connectivity index (χ2n) is 4.04. The van der Waals surface area contributed by atoms with Crippen LogP contribution in [0.15, 0.2) is 18.2 Å². The number of anilines is 1. The Balaban J connectivity index is 2.63. The number of nitrogens with two attached hydrogens (primary N) is 1. The zero-order valence-electron chi connectivity index (χ0n) is 11.0. The highest BCUT2D eigenvalue weighted by molar-refractivity contribution is 6.42. The Kier molecular flexibility index (Phi) is 4.20. The molecule has 0 spiro atoms. The molecule has 0 bridgehead atoms. The van der Waals surface area contributed by atoms with E-state index >= 15 is 0 Å². The van der Waals surface area contributed by atoms with Crippen molar-refractivity contribution in [2.75, 3.05) is 12.8 Å². The van der Waals surface area contributed by atoms with Crippen molar-refractivity contribution in [3.63, 3.8) is 0 Å². The number of aryl methyl sites for hydroxylation is 1. The van der Waals surface area contributed by atoms with E-state index in [9.17, 15) is 4.79 Å². The summed E-state index contributed by atoms with van der Waals surface area (Å²) < 4.78 is 6.33. The average Bonchev–Trinajstić information content (AvgIpc) is 2.78. The number of methoxy groups -OCH3 is 1. The van der Waals surface area contributed by atoms with Crippen LogP contribution in [0.5, 0.6) is 0 Å². The number of aromatic nitrogens is 2. The van der Waals surface area contributed by atoms with Gasteiger partial charge in [0, 0.05) is 6.42 Å². The Labute approximate surface area is 126 Å². The van der Waals surface area contributed by atoms with E-state index in [2.05, 4.69) is 9.72 Å². The summed E-state index contributed by atoms with van der Waals surface area (Å²) in [6, 6.07) is 5.09. The lowest BCUT2D eigenvalue weighted by Crippen LogP contribution is -2.08. The average molecular weight is 314 g/mol. The summed E-state index contributed by atoms with van der Waals surface area (Å²) in [6.45, 7) is 1.91. The summed E-state index contributed by atoms with van der Waals surface area (Å²) >= 11 is 11.9. The molecule has 0 unspecified atom stereocenters. The quantitative estimate of drug-likeness (QED) is 0.884. The molecule has 2 N–H and O–H groups in total. The van der Waals surface area contributed by atoms with E-state index < -0.39 is 5.97 Å². The minimum absolute atomic E-state index is 0.0930. The third-order valence-electron chi connectivity index (χ3n) is 2.84. The van der Waals surface area contributed by atoms with Gasteiger partial charge in [0.2, 0.25) is 0 Å². The molecule has 1 aromatic carbocycles. The van der Waals surface area contributed by atoms with Gasteiger partial charge in [-0.05, 0) is 18.2 Å². The van der Waals surface area contributed by atoms with E-state index in [1.54, 1.807) is 22.8 Å². The fourth-order valence-corrected chi connectivity index (χ4v) is 2.17. The number of benzene rings is 1. The number of nitrogens with zero attached hydrogens (tertiary/aromatic N) is 2. The van der Waals surface area contributed by atoms with Crippen molar-refractivity contribution in [1.29, 1.82) is 0 Å². The summed E-state index contributed by atoms with van der Waals surface area (Å²) in [6.07, 6.45) is 0.599. The maximum absolute atomic E-state index is 11.6. The maximum atomic E-state index is 11.6. The lowest BCUT2D eigenvalue weighted by atomic mass is 10.3. The zero-order chi connectivity index (χ0) is 14.9. The van der Waals surface area contributed by atoms with Gasteiger partial charge in [0.15, 0.2) is 5.69 Å². The van der Waals surface area contributed by atoms with Gasteiger partial charge in [0.1, 0.15) is 11.6 Å². The van der Waals surface area contributed by atoms with Gasteiger partial charge in [0.25, 0.3) is 0 Å². The molecule has 2 aromatic rings. The first-order valence-electron chi connectivity index (χ1n) is 5.90. The number of rotatable bonds is 3. The number of ether oxygens (including phenoxy) is 1. The first kappa shape index (κ1) is 14.7. The Morgan fingerprint density at radius 3 is 2.65 bits per heavy atom. The Bertz CT molecular complexity index is 668. The molecule has 0 fully saturated rings. The van der Waals surface area contributed by atoms with Crippen LogP contribution in [-0.4, -0.2) is 22.6 Å². The molecule has 5 nitrogen and oxygen atoms in total. The van der Waals surface area contributed by atoms with Crippen LogP contribution in [0.25, 0.3) is 5.69 Å². The molecule has 0 aliphatic carbocycles. The molecule has 7 heteroatoms. The van der Waals surface area contributed by atoms with E-state index in [1.807, 2.05) is 6.92 Å². The lowest BCUT2D eigenvalue weighted by Gasteiger charge is -2.09. The predicted octanol–water partition coefficient (Wildman–Crippen LogP) is 3.11. The van der Waals surface area contributed by atoms with Crippen molar-refractivity contribution in [1.82, 2.24) is 9.55 Å². The Morgan fingerprint density at radius 1 is 1.40 bits per heavy atom. The smallest absolute Gasteiger partial charge is 0.360 e. The fourth-order valence-electron chi connectivity index (χ4n) is 1.88. The van der Waals surface area contributed by atoms with Gasteiger partial charge in [0.05, 0.1) is 22.8 Å². The van der Waals surface area contributed by atoms with Gasteiger partial charge in [-0.1, -0.05) is 30.1 Å². The van der Waals surface area contributed by atoms with Crippen LogP contribution in [0.1, 0.15) is 23.2 Å². The number of hydrogen-bond acceptors (Lipinski definition) is 4. The number of halogens is 2. The molecule has 0 radical (unpaired) electrons. The monoisotopic (exact) mass is 313 g/mol. The van der Waals surface area contributed by atoms with E-state index in [-0.39, 0.29) is 11.5 Å². The molecule has 0 amide bonds. The first-order chi connectivity index (χ1) is 9.49. The van der Waals surface area contributed by atoms with Crippen molar-refractivity contribution in [2.45, 2.75) is 13.3 Å². The number of imidazole rings is 1.